The maximum absolute atomic E-state index is 13.8. The van der Waals surface area contributed by atoms with Crippen LogP contribution < -0.4 is 14.8 Å². The molecule has 0 aromatic heterocycles. The molecule has 1 aliphatic heterocycles. The van der Waals surface area contributed by atoms with Gasteiger partial charge in [-0.3, -0.25) is 0 Å². The van der Waals surface area contributed by atoms with Gasteiger partial charge in [0.05, 0.1) is 5.69 Å². The Morgan fingerprint density at radius 1 is 1.10 bits per heavy atom. The number of ether oxygens (including phenoxy) is 2. The van der Waals surface area contributed by atoms with Crippen molar-refractivity contribution >= 4 is 21.6 Å². The van der Waals surface area contributed by atoms with Crippen LogP contribution in [0, 0.1) is 18.6 Å². The molecule has 1 aliphatic rings. The zero-order valence-corrected chi connectivity index (χ0v) is 12.8. The number of halogens is 3. The molecule has 0 saturated carbocycles. The minimum Gasteiger partial charge on any atom is -0.454 e. The molecule has 2 aromatic carbocycles. The highest BCUT2D eigenvalue weighted by Gasteiger charge is 2.16. The quantitative estimate of drug-likeness (QED) is 0.886. The summed E-state index contributed by atoms with van der Waals surface area (Å²) >= 11 is 3.42. The molecular weight excluding hydrogens is 344 g/mol. The molecule has 2 aromatic rings. The molecule has 3 rings (SSSR count). The second-order valence-electron chi connectivity index (χ2n) is 4.73. The van der Waals surface area contributed by atoms with Gasteiger partial charge in [-0.05, 0) is 36.2 Å². The Morgan fingerprint density at radius 2 is 1.81 bits per heavy atom. The molecule has 3 nitrogen and oxygen atoms in total. The van der Waals surface area contributed by atoms with Gasteiger partial charge in [0.15, 0.2) is 11.5 Å². The van der Waals surface area contributed by atoms with E-state index in [4.69, 9.17) is 9.47 Å². The standard InChI is InChI=1S/C15H12BrF2NO2/c1-8-2-12(18)13(5-11(8)17)19-6-9-3-14-15(4-10(9)16)21-7-20-14/h2-5,19H,6-7H2,1H3. The smallest absolute Gasteiger partial charge is 0.231 e. The largest absolute Gasteiger partial charge is 0.454 e. The van der Waals surface area contributed by atoms with Gasteiger partial charge in [0.25, 0.3) is 0 Å². The number of aryl methyl sites for hydroxylation is 1. The summed E-state index contributed by atoms with van der Waals surface area (Å²) in [4.78, 5) is 0. The SMILES string of the molecule is Cc1cc(F)c(NCc2cc3c(cc2Br)OCO3)cc1F. The highest BCUT2D eigenvalue weighted by molar-refractivity contribution is 9.10. The Balaban J connectivity index is 1.81. The monoisotopic (exact) mass is 355 g/mol. The minimum absolute atomic E-state index is 0.127. The highest BCUT2D eigenvalue weighted by atomic mass is 79.9. The van der Waals surface area contributed by atoms with E-state index < -0.39 is 11.6 Å². The van der Waals surface area contributed by atoms with Gasteiger partial charge in [0.1, 0.15) is 11.6 Å². The van der Waals surface area contributed by atoms with E-state index in [1.807, 2.05) is 6.07 Å². The van der Waals surface area contributed by atoms with Gasteiger partial charge in [0, 0.05) is 17.1 Å². The first-order valence-electron chi connectivity index (χ1n) is 6.32. The summed E-state index contributed by atoms with van der Waals surface area (Å²) in [5, 5.41) is 2.89. The first-order chi connectivity index (χ1) is 10.0. The van der Waals surface area contributed by atoms with Crippen molar-refractivity contribution in [3.05, 3.63) is 51.5 Å². The Labute approximate surface area is 129 Å². The normalized spacial score (nSPS) is 12.6. The number of rotatable bonds is 3. The Bertz CT molecular complexity index is 707. The second kappa shape index (κ2) is 5.52. The summed E-state index contributed by atoms with van der Waals surface area (Å²) in [5.74, 6) is 0.387. The van der Waals surface area contributed by atoms with E-state index in [2.05, 4.69) is 21.2 Å². The molecule has 1 heterocycles. The van der Waals surface area contributed by atoms with Crippen molar-refractivity contribution in [1.29, 1.82) is 0 Å². The van der Waals surface area contributed by atoms with Gasteiger partial charge in [-0.25, -0.2) is 8.78 Å². The fraction of sp³-hybridized carbons (Fsp3) is 0.200. The maximum Gasteiger partial charge on any atom is 0.231 e. The minimum atomic E-state index is -0.481. The van der Waals surface area contributed by atoms with E-state index in [0.29, 0.717) is 18.0 Å². The number of nitrogens with one attached hydrogen (secondary N) is 1. The van der Waals surface area contributed by atoms with Crippen molar-refractivity contribution in [3.63, 3.8) is 0 Å². The molecule has 0 bridgehead atoms. The van der Waals surface area contributed by atoms with Crippen molar-refractivity contribution in [3.8, 4) is 11.5 Å². The number of anilines is 1. The fourth-order valence-corrected chi connectivity index (χ4v) is 2.53. The molecule has 0 atom stereocenters. The van der Waals surface area contributed by atoms with Crippen LogP contribution in [0.1, 0.15) is 11.1 Å². The van der Waals surface area contributed by atoms with Gasteiger partial charge >= 0.3 is 0 Å². The number of hydrogen-bond donors (Lipinski definition) is 1. The third-order valence-corrected chi connectivity index (χ3v) is 4.00. The van der Waals surface area contributed by atoms with Crippen molar-refractivity contribution in [1.82, 2.24) is 0 Å². The lowest BCUT2D eigenvalue weighted by Crippen LogP contribution is -2.03. The predicted molar refractivity (Wildman–Crippen MR) is 78.7 cm³/mol. The summed E-state index contributed by atoms with van der Waals surface area (Å²) in [6.07, 6.45) is 0. The molecule has 0 saturated heterocycles. The zero-order chi connectivity index (χ0) is 15.0. The van der Waals surface area contributed by atoms with Crippen LogP contribution in [0.4, 0.5) is 14.5 Å². The lowest BCUT2D eigenvalue weighted by atomic mass is 10.1. The molecule has 110 valence electrons. The van der Waals surface area contributed by atoms with Crippen molar-refractivity contribution in [2.45, 2.75) is 13.5 Å². The summed E-state index contributed by atoms with van der Waals surface area (Å²) < 4.78 is 38.6. The van der Waals surface area contributed by atoms with Gasteiger partial charge in [-0.15, -0.1) is 0 Å². The zero-order valence-electron chi connectivity index (χ0n) is 11.2. The Kier molecular flexibility index (Phi) is 3.71. The van der Waals surface area contributed by atoms with Crippen LogP contribution in [0.2, 0.25) is 0 Å². The lowest BCUT2D eigenvalue weighted by molar-refractivity contribution is 0.174. The average molecular weight is 356 g/mol. The first-order valence-corrected chi connectivity index (χ1v) is 7.11. The summed E-state index contributed by atoms with van der Waals surface area (Å²) in [6.45, 7) is 2.05. The first kappa shape index (κ1) is 14.1. The van der Waals surface area contributed by atoms with Crippen molar-refractivity contribution in [2.75, 3.05) is 12.1 Å². The third kappa shape index (κ3) is 2.81. The van der Waals surface area contributed by atoms with Gasteiger partial charge in [0.2, 0.25) is 6.79 Å². The molecular formula is C15H12BrF2NO2. The van der Waals surface area contributed by atoms with Gasteiger partial charge < -0.3 is 14.8 Å². The average Bonchev–Trinajstić information content (AvgIpc) is 2.88. The number of benzene rings is 2. The molecule has 0 spiro atoms. The van der Waals surface area contributed by atoms with Crippen LogP contribution in [0.25, 0.3) is 0 Å². The van der Waals surface area contributed by atoms with Gasteiger partial charge in [-0.1, -0.05) is 15.9 Å². The predicted octanol–water partition coefficient (Wildman–Crippen LogP) is 4.38. The van der Waals surface area contributed by atoms with E-state index in [-0.39, 0.29) is 18.0 Å². The van der Waals surface area contributed by atoms with Crippen molar-refractivity contribution in [2.24, 2.45) is 0 Å². The van der Waals surface area contributed by atoms with Crippen LogP contribution in [0.15, 0.2) is 28.7 Å². The van der Waals surface area contributed by atoms with E-state index in [1.54, 1.807) is 6.07 Å². The molecule has 0 amide bonds. The molecule has 6 heteroatoms. The summed E-state index contributed by atoms with van der Waals surface area (Å²) in [5.41, 5.74) is 1.27. The van der Waals surface area contributed by atoms with E-state index in [9.17, 15) is 8.78 Å². The van der Waals surface area contributed by atoms with Crippen LogP contribution in [-0.2, 0) is 6.54 Å². The van der Waals surface area contributed by atoms with E-state index in [0.717, 1.165) is 16.1 Å². The number of hydrogen-bond acceptors (Lipinski definition) is 3. The van der Waals surface area contributed by atoms with Crippen LogP contribution in [0.3, 0.4) is 0 Å². The summed E-state index contributed by atoms with van der Waals surface area (Å²) in [7, 11) is 0. The molecule has 0 aliphatic carbocycles. The topological polar surface area (TPSA) is 30.5 Å². The van der Waals surface area contributed by atoms with Crippen LogP contribution in [0.5, 0.6) is 11.5 Å². The number of fused-ring (bicyclic) bond motifs is 1. The fourth-order valence-electron chi connectivity index (χ4n) is 2.07. The summed E-state index contributed by atoms with van der Waals surface area (Å²) in [6, 6.07) is 5.94. The second-order valence-corrected chi connectivity index (χ2v) is 5.59. The Morgan fingerprint density at radius 3 is 2.57 bits per heavy atom. The molecule has 0 unspecified atom stereocenters. The third-order valence-electron chi connectivity index (χ3n) is 3.26. The van der Waals surface area contributed by atoms with Gasteiger partial charge in [-0.2, -0.15) is 0 Å². The molecule has 0 fully saturated rings. The molecule has 0 radical (unpaired) electrons. The molecule has 1 N–H and O–H groups in total. The highest BCUT2D eigenvalue weighted by Crippen LogP contribution is 2.37. The molecule has 21 heavy (non-hydrogen) atoms. The van der Waals surface area contributed by atoms with E-state index in [1.165, 1.54) is 13.0 Å². The lowest BCUT2D eigenvalue weighted by Gasteiger charge is -2.11. The van der Waals surface area contributed by atoms with Crippen LogP contribution in [-0.4, -0.2) is 6.79 Å². The van der Waals surface area contributed by atoms with E-state index >= 15 is 0 Å². The Hall–Kier alpha value is -1.82. The van der Waals surface area contributed by atoms with Crippen LogP contribution >= 0.6 is 15.9 Å². The van der Waals surface area contributed by atoms with Crippen molar-refractivity contribution < 1.29 is 18.3 Å². The maximum atomic E-state index is 13.8.